The molecule has 0 spiro atoms. The molecule has 1 saturated heterocycles. The Balaban J connectivity index is 1.73. The zero-order valence-corrected chi connectivity index (χ0v) is 12.8. The molecule has 0 unspecified atom stereocenters. The van der Waals surface area contributed by atoms with Crippen LogP contribution in [0.2, 0.25) is 0 Å². The number of aromatic nitrogens is 2. The molecule has 0 N–H and O–H groups in total. The summed E-state index contributed by atoms with van der Waals surface area (Å²) in [5, 5.41) is 4.70. The van der Waals surface area contributed by atoms with Gasteiger partial charge in [0.05, 0.1) is 5.69 Å². The van der Waals surface area contributed by atoms with E-state index in [1.807, 2.05) is 27.8 Å². The van der Waals surface area contributed by atoms with Gasteiger partial charge in [0, 0.05) is 24.3 Å². The Labute approximate surface area is 130 Å². The van der Waals surface area contributed by atoms with Crippen LogP contribution < -0.4 is 0 Å². The van der Waals surface area contributed by atoms with E-state index in [-0.39, 0.29) is 5.91 Å². The lowest BCUT2D eigenvalue weighted by atomic mass is 10.1. The number of para-hydroxylation sites is 1. The van der Waals surface area contributed by atoms with Crippen molar-refractivity contribution in [3.63, 3.8) is 0 Å². The average Bonchev–Trinajstić information content (AvgIpc) is 3.18. The minimum absolute atomic E-state index is 0.132. The quantitative estimate of drug-likeness (QED) is 0.854. The molecule has 4 rings (SSSR count). The summed E-state index contributed by atoms with van der Waals surface area (Å²) in [5.74, 6) is 0.132. The molecule has 1 fully saturated rings. The maximum atomic E-state index is 12.9. The highest BCUT2D eigenvalue weighted by atomic mass is 16.2. The summed E-state index contributed by atoms with van der Waals surface area (Å²) < 4.78 is 1.99. The first-order chi connectivity index (χ1) is 10.8. The van der Waals surface area contributed by atoms with Gasteiger partial charge in [-0.15, -0.1) is 0 Å². The molecule has 1 aromatic heterocycles. The fourth-order valence-corrected chi connectivity index (χ4v) is 3.64. The van der Waals surface area contributed by atoms with Crippen LogP contribution in [0.1, 0.15) is 47.4 Å². The van der Waals surface area contributed by atoms with E-state index >= 15 is 0 Å². The second kappa shape index (κ2) is 5.59. The van der Waals surface area contributed by atoms with E-state index in [1.165, 1.54) is 17.7 Å². The number of nitrogens with zero attached hydrogens (tertiary/aromatic N) is 3. The van der Waals surface area contributed by atoms with E-state index < -0.39 is 0 Å². The summed E-state index contributed by atoms with van der Waals surface area (Å²) in [7, 11) is 0. The topological polar surface area (TPSA) is 38.1 Å². The van der Waals surface area contributed by atoms with E-state index in [1.54, 1.807) is 0 Å². The van der Waals surface area contributed by atoms with Crippen LogP contribution in [0.3, 0.4) is 0 Å². The van der Waals surface area contributed by atoms with Crippen LogP contribution in [-0.2, 0) is 12.8 Å². The van der Waals surface area contributed by atoms with Crippen molar-refractivity contribution in [3.8, 4) is 5.69 Å². The summed E-state index contributed by atoms with van der Waals surface area (Å²) in [6, 6.07) is 10.2. The van der Waals surface area contributed by atoms with Crippen LogP contribution >= 0.6 is 0 Å². The summed E-state index contributed by atoms with van der Waals surface area (Å²) in [6.45, 7) is 1.76. The molecule has 1 aliphatic heterocycles. The Hall–Kier alpha value is -2.10. The standard InChI is InChI=1S/C18H21N3O/c22-18(20-12-5-2-6-13-20)17-15-10-7-11-16(15)21(19-17)14-8-3-1-4-9-14/h1,3-4,8-9H,2,5-7,10-13H2. The smallest absolute Gasteiger partial charge is 0.274 e. The highest BCUT2D eigenvalue weighted by molar-refractivity contribution is 5.94. The second-order valence-electron chi connectivity index (χ2n) is 6.23. The Bertz CT molecular complexity index is 684. The van der Waals surface area contributed by atoms with E-state index in [4.69, 9.17) is 5.10 Å². The predicted molar refractivity (Wildman–Crippen MR) is 85.3 cm³/mol. The Morgan fingerprint density at radius 2 is 1.73 bits per heavy atom. The maximum Gasteiger partial charge on any atom is 0.274 e. The summed E-state index contributed by atoms with van der Waals surface area (Å²) in [5.41, 5.74) is 4.16. The van der Waals surface area contributed by atoms with Gasteiger partial charge in [-0.1, -0.05) is 18.2 Å². The van der Waals surface area contributed by atoms with Crippen LogP contribution in [0.15, 0.2) is 30.3 Å². The molecule has 1 aromatic carbocycles. The Morgan fingerprint density at radius 1 is 0.955 bits per heavy atom. The van der Waals surface area contributed by atoms with Crippen molar-refractivity contribution in [1.82, 2.24) is 14.7 Å². The lowest BCUT2D eigenvalue weighted by Gasteiger charge is -2.26. The maximum absolute atomic E-state index is 12.9. The Kier molecular flexibility index (Phi) is 3.45. The number of fused-ring (bicyclic) bond motifs is 1. The molecule has 4 nitrogen and oxygen atoms in total. The minimum Gasteiger partial charge on any atom is -0.337 e. The van der Waals surface area contributed by atoms with Gasteiger partial charge in [0.2, 0.25) is 0 Å². The van der Waals surface area contributed by atoms with Crippen molar-refractivity contribution in [2.75, 3.05) is 13.1 Å². The Morgan fingerprint density at radius 3 is 2.50 bits per heavy atom. The van der Waals surface area contributed by atoms with Crippen molar-refractivity contribution in [2.24, 2.45) is 0 Å². The van der Waals surface area contributed by atoms with Crippen molar-refractivity contribution in [2.45, 2.75) is 38.5 Å². The number of piperidine rings is 1. The third kappa shape index (κ3) is 2.23. The lowest BCUT2D eigenvalue weighted by molar-refractivity contribution is 0.0717. The van der Waals surface area contributed by atoms with Crippen molar-refractivity contribution < 1.29 is 4.79 Å². The fraction of sp³-hybridized carbons (Fsp3) is 0.444. The van der Waals surface area contributed by atoms with E-state index in [9.17, 15) is 4.79 Å². The van der Waals surface area contributed by atoms with Gasteiger partial charge < -0.3 is 4.90 Å². The minimum atomic E-state index is 0.132. The van der Waals surface area contributed by atoms with Crippen molar-refractivity contribution in [1.29, 1.82) is 0 Å². The molecule has 0 saturated carbocycles. The molecule has 4 heteroatoms. The number of likely N-dealkylation sites (tertiary alicyclic amines) is 1. The number of hydrogen-bond donors (Lipinski definition) is 0. The molecule has 2 aromatic rings. The van der Waals surface area contributed by atoms with Gasteiger partial charge in [-0.25, -0.2) is 4.68 Å². The number of amides is 1. The molecule has 0 radical (unpaired) electrons. The van der Waals surface area contributed by atoms with Crippen LogP contribution in [0.25, 0.3) is 5.69 Å². The first kappa shape index (κ1) is 13.6. The third-order valence-electron chi connectivity index (χ3n) is 4.78. The molecular formula is C18H21N3O. The van der Waals surface area contributed by atoms with Crippen LogP contribution in [-0.4, -0.2) is 33.7 Å². The van der Waals surface area contributed by atoms with E-state index in [2.05, 4.69) is 12.1 Å². The van der Waals surface area contributed by atoms with E-state index in [0.717, 1.165) is 50.9 Å². The van der Waals surface area contributed by atoms with Gasteiger partial charge in [0.25, 0.3) is 5.91 Å². The summed E-state index contributed by atoms with van der Waals surface area (Å²) in [4.78, 5) is 14.8. The normalized spacial score (nSPS) is 17.5. The highest BCUT2D eigenvalue weighted by Gasteiger charge is 2.29. The fourth-order valence-electron chi connectivity index (χ4n) is 3.64. The van der Waals surface area contributed by atoms with Gasteiger partial charge >= 0.3 is 0 Å². The number of carbonyl (C=O) groups excluding carboxylic acids is 1. The molecule has 22 heavy (non-hydrogen) atoms. The molecule has 114 valence electrons. The molecule has 2 heterocycles. The molecule has 0 atom stereocenters. The first-order valence-electron chi connectivity index (χ1n) is 8.30. The van der Waals surface area contributed by atoms with E-state index in [0.29, 0.717) is 5.69 Å². The second-order valence-corrected chi connectivity index (χ2v) is 6.23. The van der Waals surface area contributed by atoms with Gasteiger partial charge in [-0.05, 0) is 50.7 Å². The first-order valence-corrected chi connectivity index (χ1v) is 8.30. The SMILES string of the molecule is O=C(c1nn(-c2ccccc2)c2c1CCC2)N1CCCCC1. The summed E-state index contributed by atoms with van der Waals surface area (Å²) in [6.07, 6.45) is 6.60. The average molecular weight is 295 g/mol. The van der Waals surface area contributed by atoms with Crippen molar-refractivity contribution >= 4 is 5.91 Å². The molecule has 1 aliphatic carbocycles. The zero-order valence-electron chi connectivity index (χ0n) is 12.8. The largest absolute Gasteiger partial charge is 0.337 e. The monoisotopic (exact) mass is 295 g/mol. The van der Waals surface area contributed by atoms with Crippen LogP contribution in [0.5, 0.6) is 0 Å². The number of rotatable bonds is 2. The van der Waals surface area contributed by atoms with Gasteiger partial charge in [-0.3, -0.25) is 4.79 Å². The molecule has 0 bridgehead atoms. The predicted octanol–water partition coefficient (Wildman–Crippen LogP) is 2.99. The highest BCUT2D eigenvalue weighted by Crippen LogP contribution is 2.29. The van der Waals surface area contributed by atoms with Gasteiger partial charge in [0.1, 0.15) is 0 Å². The zero-order chi connectivity index (χ0) is 14.9. The number of benzene rings is 1. The number of hydrogen-bond acceptors (Lipinski definition) is 2. The number of carbonyl (C=O) groups is 1. The van der Waals surface area contributed by atoms with Crippen LogP contribution in [0, 0.1) is 0 Å². The summed E-state index contributed by atoms with van der Waals surface area (Å²) >= 11 is 0. The lowest BCUT2D eigenvalue weighted by Crippen LogP contribution is -2.36. The van der Waals surface area contributed by atoms with Crippen molar-refractivity contribution in [3.05, 3.63) is 47.3 Å². The van der Waals surface area contributed by atoms with Gasteiger partial charge in [0.15, 0.2) is 5.69 Å². The van der Waals surface area contributed by atoms with Gasteiger partial charge in [-0.2, -0.15) is 5.10 Å². The molecule has 1 amide bonds. The molecular weight excluding hydrogens is 274 g/mol. The molecule has 2 aliphatic rings. The van der Waals surface area contributed by atoms with Crippen LogP contribution in [0.4, 0.5) is 0 Å². The third-order valence-corrected chi connectivity index (χ3v) is 4.78.